The number of anilines is 1. The maximum atomic E-state index is 13.8. The lowest BCUT2D eigenvalue weighted by Gasteiger charge is -2.44. The minimum absolute atomic E-state index is 0.0930. The number of likely N-dealkylation sites (tertiary alicyclic amines) is 2. The molecule has 4 heterocycles. The normalized spacial score (nSPS) is 22.6. The number of nitrogens with one attached hydrogen (secondary N) is 3. The van der Waals surface area contributed by atoms with Crippen LogP contribution < -0.4 is 16.0 Å². The molecular formula is C29H37N5O7S. The fourth-order valence-corrected chi connectivity index (χ4v) is 7.65. The van der Waals surface area contributed by atoms with Crippen molar-refractivity contribution < 1.29 is 34.1 Å². The van der Waals surface area contributed by atoms with Gasteiger partial charge in [-0.05, 0) is 57.7 Å². The van der Waals surface area contributed by atoms with E-state index in [9.17, 15) is 29.4 Å². The summed E-state index contributed by atoms with van der Waals surface area (Å²) in [4.78, 5) is 54.2. The molecule has 2 aromatic rings. The molecule has 1 unspecified atom stereocenters. The highest BCUT2D eigenvalue weighted by molar-refractivity contribution is 7.19. The SMILES string of the molecule is CC1(C)CC2(CCCN(C3CCN(C(=O)c4cc(-c5ccccc5)sc4NC(NC(=O)O)NC(=O)O)CC3)C2)C(=O)O1. The predicted octanol–water partition coefficient (Wildman–Crippen LogP) is 4.06. The van der Waals surface area contributed by atoms with Crippen molar-refractivity contribution in [3.8, 4) is 10.4 Å². The number of ether oxygens (including phenoxy) is 1. The second-order valence-electron chi connectivity index (χ2n) is 11.9. The van der Waals surface area contributed by atoms with E-state index in [0.29, 0.717) is 30.2 Å². The largest absolute Gasteiger partial charge is 0.465 e. The third kappa shape index (κ3) is 6.46. The Morgan fingerprint density at radius 1 is 1.05 bits per heavy atom. The number of carboxylic acid groups (broad SMARTS) is 2. The van der Waals surface area contributed by atoms with E-state index in [1.165, 1.54) is 11.3 Å². The van der Waals surface area contributed by atoms with Crippen molar-refractivity contribution in [1.29, 1.82) is 0 Å². The van der Waals surface area contributed by atoms with Crippen molar-refractivity contribution in [3.05, 3.63) is 42.0 Å². The minimum Gasteiger partial charge on any atom is -0.465 e. The molecule has 0 radical (unpaired) electrons. The highest BCUT2D eigenvalue weighted by Gasteiger charge is 2.54. The van der Waals surface area contributed by atoms with Gasteiger partial charge >= 0.3 is 18.2 Å². The van der Waals surface area contributed by atoms with Crippen molar-refractivity contribution in [3.63, 3.8) is 0 Å². The lowest BCUT2D eigenvalue weighted by atomic mass is 9.74. The summed E-state index contributed by atoms with van der Waals surface area (Å²) in [5.41, 5.74) is 0.323. The molecule has 3 aliphatic rings. The number of hydrogen-bond donors (Lipinski definition) is 5. The van der Waals surface area contributed by atoms with Crippen molar-refractivity contribution in [1.82, 2.24) is 20.4 Å². The first kappa shape index (κ1) is 29.6. The topological polar surface area (TPSA) is 161 Å². The first-order valence-corrected chi connectivity index (χ1v) is 15.0. The van der Waals surface area contributed by atoms with Crippen LogP contribution in [0.1, 0.15) is 56.3 Å². The smallest absolute Gasteiger partial charge is 0.407 e. The van der Waals surface area contributed by atoms with Gasteiger partial charge in [-0.25, -0.2) is 9.59 Å². The van der Waals surface area contributed by atoms with Crippen LogP contribution in [0.3, 0.4) is 0 Å². The summed E-state index contributed by atoms with van der Waals surface area (Å²) in [6, 6.07) is 11.5. The van der Waals surface area contributed by atoms with Gasteiger partial charge in [0, 0.05) is 37.0 Å². The fraction of sp³-hybridized carbons (Fsp3) is 0.517. The lowest BCUT2D eigenvalue weighted by molar-refractivity contribution is -0.154. The molecule has 1 atom stereocenters. The van der Waals surface area contributed by atoms with E-state index in [-0.39, 0.29) is 17.9 Å². The molecule has 42 heavy (non-hydrogen) atoms. The van der Waals surface area contributed by atoms with Crippen molar-refractivity contribution in [2.24, 2.45) is 5.41 Å². The molecule has 3 aliphatic heterocycles. The quantitative estimate of drug-likeness (QED) is 0.234. The van der Waals surface area contributed by atoms with E-state index < -0.39 is 29.5 Å². The molecule has 5 N–H and O–H groups in total. The van der Waals surface area contributed by atoms with Gasteiger partial charge in [0.15, 0.2) is 6.29 Å². The molecule has 0 aliphatic carbocycles. The molecular weight excluding hydrogens is 562 g/mol. The van der Waals surface area contributed by atoms with E-state index >= 15 is 0 Å². The first-order valence-electron chi connectivity index (χ1n) is 14.2. The van der Waals surface area contributed by atoms with E-state index in [2.05, 4.69) is 20.9 Å². The van der Waals surface area contributed by atoms with Crippen LogP contribution in [0.5, 0.6) is 0 Å². The Balaban J connectivity index is 1.30. The van der Waals surface area contributed by atoms with Gasteiger partial charge in [0.2, 0.25) is 0 Å². The number of hydrogen-bond acceptors (Lipinski definition) is 8. The average Bonchev–Trinajstić information content (AvgIpc) is 3.44. The Hall–Kier alpha value is -3.84. The van der Waals surface area contributed by atoms with Crippen LogP contribution in [0.15, 0.2) is 36.4 Å². The number of cyclic esters (lactones) is 1. The Kier molecular flexibility index (Phi) is 8.33. The molecule has 1 aromatic carbocycles. The molecule has 1 spiro atoms. The summed E-state index contributed by atoms with van der Waals surface area (Å²) >= 11 is 1.24. The van der Waals surface area contributed by atoms with Crippen LogP contribution in [0.25, 0.3) is 10.4 Å². The standard InChI is InChI=1S/C29H37N5O7S/c1-28(2)16-29(24(36)41-28)11-6-12-34(17-29)19-9-13-33(14-10-19)23(35)20-15-21(18-7-4-3-5-8-18)42-22(20)30-25(31-26(37)38)32-27(39)40/h3-5,7-8,15,19,25,30-32H,6,9-14,16-17H2,1-2H3,(H,37,38)(H,39,40). The summed E-state index contributed by atoms with van der Waals surface area (Å²) in [6.07, 6.45) is -0.182. The molecule has 3 saturated heterocycles. The maximum Gasteiger partial charge on any atom is 0.407 e. The van der Waals surface area contributed by atoms with Gasteiger partial charge in [0.05, 0.1) is 11.0 Å². The highest BCUT2D eigenvalue weighted by Crippen LogP contribution is 2.47. The van der Waals surface area contributed by atoms with Crippen molar-refractivity contribution in [2.75, 3.05) is 31.5 Å². The molecule has 13 heteroatoms. The van der Waals surface area contributed by atoms with Gasteiger partial charge in [0.25, 0.3) is 5.91 Å². The van der Waals surface area contributed by atoms with Crippen molar-refractivity contribution >= 4 is 40.4 Å². The Morgan fingerprint density at radius 2 is 1.71 bits per heavy atom. The third-order valence-corrected chi connectivity index (χ3v) is 9.39. The maximum absolute atomic E-state index is 13.8. The summed E-state index contributed by atoms with van der Waals surface area (Å²) in [6.45, 7) is 6.60. The van der Waals surface area contributed by atoms with E-state index in [1.54, 1.807) is 11.0 Å². The highest BCUT2D eigenvalue weighted by atomic mass is 32.1. The number of piperidine rings is 2. The molecule has 226 valence electrons. The van der Waals surface area contributed by atoms with Gasteiger partial charge in [-0.1, -0.05) is 30.3 Å². The molecule has 3 fully saturated rings. The number of benzene rings is 1. The summed E-state index contributed by atoms with van der Waals surface area (Å²) in [5.74, 6) is -0.306. The van der Waals surface area contributed by atoms with Crippen LogP contribution in [0.4, 0.5) is 14.6 Å². The van der Waals surface area contributed by atoms with Gasteiger partial charge < -0.3 is 25.2 Å². The molecule has 3 amide bonds. The summed E-state index contributed by atoms with van der Waals surface area (Å²) in [5, 5.41) is 25.8. The first-order chi connectivity index (χ1) is 19.9. The Labute approximate surface area is 248 Å². The van der Waals surface area contributed by atoms with Crippen LogP contribution in [-0.2, 0) is 9.53 Å². The van der Waals surface area contributed by atoms with Crippen LogP contribution in [0, 0.1) is 5.41 Å². The second-order valence-corrected chi connectivity index (χ2v) is 13.0. The average molecular weight is 600 g/mol. The number of esters is 1. The number of carbonyl (C=O) groups excluding carboxylic acids is 2. The number of nitrogens with zero attached hydrogens (tertiary/aromatic N) is 2. The van der Waals surface area contributed by atoms with Crippen molar-refractivity contribution in [2.45, 2.75) is 63.9 Å². The lowest BCUT2D eigenvalue weighted by Crippen LogP contribution is -2.53. The van der Waals surface area contributed by atoms with Crippen LogP contribution >= 0.6 is 11.3 Å². The second kappa shape index (κ2) is 11.8. The number of carbonyl (C=O) groups is 4. The molecule has 0 bridgehead atoms. The summed E-state index contributed by atoms with van der Waals surface area (Å²) < 4.78 is 5.69. The minimum atomic E-state index is -1.43. The number of amides is 3. The monoisotopic (exact) mass is 599 g/mol. The van der Waals surface area contributed by atoms with Gasteiger partial charge in [0.1, 0.15) is 10.6 Å². The molecule has 1 aromatic heterocycles. The molecule has 5 rings (SSSR count). The zero-order chi connectivity index (χ0) is 30.1. The molecule has 12 nitrogen and oxygen atoms in total. The molecule has 0 saturated carbocycles. The van der Waals surface area contributed by atoms with E-state index in [1.807, 2.05) is 44.2 Å². The van der Waals surface area contributed by atoms with E-state index in [4.69, 9.17) is 4.74 Å². The van der Waals surface area contributed by atoms with Gasteiger partial charge in [-0.3, -0.25) is 25.1 Å². The number of thiophene rings is 1. The van der Waals surface area contributed by atoms with E-state index in [0.717, 1.165) is 49.1 Å². The number of rotatable bonds is 7. The van der Waals surface area contributed by atoms with Crippen LogP contribution in [0.2, 0.25) is 0 Å². The third-order valence-electron chi connectivity index (χ3n) is 8.27. The zero-order valence-electron chi connectivity index (χ0n) is 23.7. The predicted molar refractivity (Wildman–Crippen MR) is 156 cm³/mol. The Morgan fingerprint density at radius 3 is 2.31 bits per heavy atom. The zero-order valence-corrected chi connectivity index (χ0v) is 24.5. The Bertz CT molecular complexity index is 1330. The fourth-order valence-electron chi connectivity index (χ4n) is 6.56. The van der Waals surface area contributed by atoms with Gasteiger partial charge in [-0.15, -0.1) is 11.3 Å². The van der Waals surface area contributed by atoms with Gasteiger partial charge in [-0.2, -0.15) is 0 Å². The summed E-state index contributed by atoms with van der Waals surface area (Å²) in [7, 11) is 0. The van der Waals surface area contributed by atoms with Crippen LogP contribution in [-0.4, -0.2) is 88.2 Å².